The highest BCUT2D eigenvalue weighted by Crippen LogP contribution is 2.37. The zero-order valence-corrected chi connectivity index (χ0v) is 30.8. The van der Waals surface area contributed by atoms with E-state index in [1.54, 1.807) is 6.07 Å². The molecule has 2 amide bonds. The molecule has 6 rings (SSSR count). The van der Waals surface area contributed by atoms with Gasteiger partial charge in [-0.2, -0.15) is 14.0 Å². The number of benzene rings is 1. The average molecular weight is 776 g/mol. The van der Waals surface area contributed by atoms with Gasteiger partial charge >= 0.3 is 5.97 Å². The topological polar surface area (TPSA) is 270 Å². The van der Waals surface area contributed by atoms with Gasteiger partial charge in [-0.25, -0.2) is 18.2 Å². The first-order valence-corrected chi connectivity index (χ1v) is 19.0. The fraction of sp³-hybridized carbons (Fsp3) is 0.500. The van der Waals surface area contributed by atoms with Crippen molar-refractivity contribution in [1.82, 2.24) is 25.4 Å². The lowest BCUT2D eigenvalue weighted by molar-refractivity contribution is -0.781. The zero-order valence-electron chi connectivity index (χ0n) is 29.2. The van der Waals surface area contributed by atoms with Gasteiger partial charge in [0.15, 0.2) is 23.5 Å². The van der Waals surface area contributed by atoms with Gasteiger partial charge in [0, 0.05) is 24.4 Å². The summed E-state index contributed by atoms with van der Waals surface area (Å²) in [5.74, 6) is -2.43. The molecule has 0 radical (unpaired) electrons. The van der Waals surface area contributed by atoms with Crippen molar-refractivity contribution < 1.29 is 51.0 Å². The molecule has 3 unspecified atom stereocenters. The van der Waals surface area contributed by atoms with Crippen molar-refractivity contribution in [3.8, 4) is 16.9 Å². The van der Waals surface area contributed by atoms with Gasteiger partial charge in [0.1, 0.15) is 17.5 Å². The van der Waals surface area contributed by atoms with Gasteiger partial charge in [-0.05, 0) is 69.8 Å². The van der Waals surface area contributed by atoms with Gasteiger partial charge in [0.05, 0.1) is 23.8 Å². The Labute approximate surface area is 308 Å². The van der Waals surface area contributed by atoms with Crippen molar-refractivity contribution in [2.75, 3.05) is 25.4 Å². The van der Waals surface area contributed by atoms with Crippen LogP contribution in [0.5, 0.6) is 5.75 Å². The molecule has 3 aromatic rings. The van der Waals surface area contributed by atoms with Crippen LogP contribution in [0, 0.1) is 5.92 Å². The number of aryl methyl sites for hydroxylation is 2. The van der Waals surface area contributed by atoms with Crippen LogP contribution >= 0.6 is 11.3 Å². The number of nitrogens with two attached hydrogens (primary N) is 2. The number of β-lactam (4-membered cyclic amide) rings is 1. The van der Waals surface area contributed by atoms with E-state index in [0.29, 0.717) is 29.7 Å². The Balaban J connectivity index is 1.20. The third-order valence-electron chi connectivity index (χ3n) is 9.61. The molecule has 3 aliphatic heterocycles. The number of ether oxygens (including phenoxy) is 1. The van der Waals surface area contributed by atoms with Gasteiger partial charge in [0.2, 0.25) is 16.6 Å². The molecule has 1 aromatic carbocycles. The Morgan fingerprint density at radius 2 is 2.08 bits per heavy atom. The lowest BCUT2D eigenvalue weighted by atomic mass is 9.84. The van der Waals surface area contributed by atoms with Crippen molar-refractivity contribution in [3.05, 3.63) is 47.2 Å². The predicted molar refractivity (Wildman–Crippen MR) is 187 cm³/mol. The third-order valence-corrected chi connectivity index (χ3v) is 10.6. The number of rotatable bonds is 15. The third kappa shape index (κ3) is 7.85. The highest BCUT2D eigenvalue weighted by Gasteiger charge is 2.57. The van der Waals surface area contributed by atoms with E-state index in [-0.39, 0.29) is 17.2 Å². The van der Waals surface area contributed by atoms with E-state index >= 15 is 0 Å². The van der Waals surface area contributed by atoms with Crippen molar-refractivity contribution in [3.63, 3.8) is 0 Å². The Hall–Kier alpha value is -4.67. The first-order valence-electron chi connectivity index (χ1n) is 16.8. The summed E-state index contributed by atoms with van der Waals surface area (Å²) in [5.41, 5.74) is 10.3. The number of oxime groups is 1. The molecular weight excluding hydrogens is 735 g/mol. The number of nitrogens with zero attached hydrogens (tertiary/aromatic N) is 5. The van der Waals surface area contributed by atoms with Crippen LogP contribution in [0.2, 0.25) is 0 Å². The van der Waals surface area contributed by atoms with E-state index in [9.17, 15) is 32.5 Å². The van der Waals surface area contributed by atoms with Crippen molar-refractivity contribution in [1.29, 1.82) is 0 Å². The summed E-state index contributed by atoms with van der Waals surface area (Å²) in [5, 5.41) is 21.8. The van der Waals surface area contributed by atoms with E-state index in [4.69, 9.17) is 21.0 Å². The Kier molecular flexibility index (Phi) is 10.5. The van der Waals surface area contributed by atoms with Crippen LogP contribution in [-0.2, 0) is 53.4 Å². The van der Waals surface area contributed by atoms with E-state index in [0.717, 1.165) is 60.6 Å². The summed E-state index contributed by atoms with van der Waals surface area (Å²) in [6.45, 7) is 8.21. The molecule has 7 N–H and O–H groups in total. The number of anilines is 1. The monoisotopic (exact) mass is 775 g/mol. The van der Waals surface area contributed by atoms with Crippen LogP contribution in [0.4, 0.5) is 5.13 Å². The molecule has 2 saturated heterocycles. The number of carbonyl (C=O) groups is 3. The Morgan fingerprint density at radius 3 is 2.68 bits per heavy atom. The number of carboxylic acid groups (broad SMARTS) is 1. The molecule has 0 spiro atoms. The van der Waals surface area contributed by atoms with Crippen LogP contribution in [-0.4, -0.2) is 99.2 Å². The quantitative estimate of drug-likeness (QED) is 0.0326. The summed E-state index contributed by atoms with van der Waals surface area (Å²) in [6, 6.07) is 4.37. The van der Waals surface area contributed by atoms with Crippen LogP contribution in [0.3, 0.4) is 0 Å². The number of hydrogen-bond acceptors (Lipinski definition) is 15. The molecule has 53 heavy (non-hydrogen) atoms. The van der Waals surface area contributed by atoms with E-state index < -0.39 is 57.2 Å². The zero-order chi connectivity index (χ0) is 38.3. The first-order chi connectivity index (χ1) is 25.0. The number of aromatic nitrogens is 3. The normalized spacial score (nSPS) is 21.1. The number of carboxylic acids is 1. The van der Waals surface area contributed by atoms with Crippen LogP contribution in [0.1, 0.15) is 44.9 Å². The maximum Gasteiger partial charge on any atom is 0.354 e. The largest absolute Gasteiger partial charge is 0.724 e. The van der Waals surface area contributed by atoms with Crippen molar-refractivity contribution >= 4 is 50.4 Å². The molecule has 0 saturated carbocycles. The highest BCUT2D eigenvalue weighted by atomic mass is 32.3. The van der Waals surface area contributed by atoms with Crippen LogP contribution in [0.25, 0.3) is 11.1 Å². The number of nitrogens with one attached hydrogen (secondary N) is 2. The summed E-state index contributed by atoms with van der Waals surface area (Å²) in [7, 11) is -5.28. The summed E-state index contributed by atoms with van der Waals surface area (Å²) in [4.78, 5) is 48.6. The maximum absolute atomic E-state index is 13.5. The predicted octanol–water partition coefficient (Wildman–Crippen LogP) is -0.495. The molecule has 3 aliphatic rings. The van der Waals surface area contributed by atoms with Gasteiger partial charge in [-0.15, -0.1) is 16.0 Å². The fourth-order valence-corrected chi connectivity index (χ4v) is 7.34. The van der Waals surface area contributed by atoms with Gasteiger partial charge in [-0.1, -0.05) is 11.2 Å². The lowest BCUT2D eigenvalue weighted by Gasteiger charge is -2.51. The average Bonchev–Trinajstić information content (AvgIpc) is 3.71. The van der Waals surface area contributed by atoms with Gasteiger partial charge in [0.25, 0.3) is 17.4 Å². The minimum Gasteiger partial charge on any atom is -0.724 e. The molecule has 3 atom stereocenters. The van der Waals surface area contributed by atoms with Crippen molar-refractivity contribution in [2.45, 2.75) is 76.4 Å². The Bertz CT molecular complexity index is 2050. The van der Waals surface area contributed by atoms with E-state index in [2.05, 4.69) is 46.8 Å². The number of aliphatic carboxylic acids is 1. The van der Waals surface area contributed by atoms with Crippen LogP contribution < -0.4 is 31.5 Å². The number of amides is 2. The summed E-state index contributed by atoms with van der Waals surface area (Å²) in [6.07, 6.45) is 4.72. The number of hydroxylamine groups is 2. The number of fused-ring (bicyclic) bond motifs is 1. The van der Waals surface area contributed by atoms with E-state index in [1.807, 2.05) is 12.1 Å². The van der Waals surface area contributed by atoms with E-state index in [1.165, 1.54) is 26.2 Å². The molecule has 2 aromatic heterocycles. The number of hydrogen-bond donors (Lipinski definition) is 5. The summed E-state index contributed by atoms with van der Waals surface area (Å²) >= 11 is 0.969. The second kappa shape index (κ2) is 14.6. The number of thiazole rings is 1. The molecule has 5 heterocycles. The molecule has 21 heteroatoms. The van der Waals surface area contributed by atoms with Gasteiger partial charge < -0.3 is 41.3 Å². The van der Waals surface area contributed by atoms with Crippen molar-refractivity contribution in [2.24, 2.45) is 16.8 Å². The second-order valence-electron chi connectivity index (χ2n) is 13.8. The minimum absolute atomic E-state index is 0.0611. The SMILES string of the molecule is CC(O/N=C(\C(=O)NC1C(=O)N(OS(=O)(=O)[O-])C1(C)C)c1csc(N)n1)(C(=O)O)C1CCc2cc(-c3cn(CCCN)[n+](CC4CNC4)c3)ccc2O1. The molecule has 286 valence electrons. The molecule has 19 nitrogen and oxygen atoms in total. The molecule has 0 aliphatic carbocycles. The number of carbonyl (C=O) groups excluding carboxylic acids is 2. The van der Waals surface area contributed by atoms with Gasteiger partial charge in [-0.3, -0.25) is 9.59 Å². The first kappa shape index (κ1) is 38.1. The molecule has 0 bridgehead atoms. The van der Waals surface area contributed by atoms with Crippen LogP contribution in [0.15, 0.2) is 41.1 Å². The second-order valence-corrected chi connectivity index (χ2v) is 15.7. The Morgan fingerprint density at radius 1 is 1.32 bits per heavy atom. The lowest BCUT2D eigenvalue weighted by Crippen LogP contribution is -2.76. The summed E-state index contributed by atoms with van der Waals surface area (Å²) < 4.78 is 48.1. The maximum atomic E-state index is 13.5. The highest BCUT2D eigenvalue weighted by molar-refractivity contribution is 7.80. The molecular formula is C32H41N9O10S2. The minimum atomic E-state index is -5.28. The molecule has 2 fully saturated rings. The smallest absolute Gasteiger partial charge is 0.354 e. The number of nitrogen functional groups attached to an aromatic ring is 1. The fourth-order valence-electron chi connectivity index (χ4n) is 6.35. The standard InChI is InChI=1S/C32H41N9O10S2/c1-31(2)26(28(43)41(31)51-53(46,47)48)37-27(42)25(22-17-52-30(34)36-22)38-50-32(3,29(44)45)24-8-6-20-11-19(5-7-23(20)49-24)21-15-39(10-4-9-33)40(16-21)14-18-12-35-13-18/h5,7,11,15-18,24,26,35H,4,6,8-10,12-14,33H2,1-3H3,(H4-,34,36,37,42,44,45,46,47,48)/b38-25-.